The van der Waals surface area contributed by atoms with Gasteiger partial charge in [0, 0.05) is 41.5 Å². The lowest BCUT2D eigenvalue weighted by atomic mass is 9.84. The Morgan fingerprint density at radius 1 is 1.09 bits per heavy atom. The van der Waals surface area contributed by atoms with Crippen LogP contribution in [0.1, 0.15) is 39.5 Å². The van der Waals surface area contributed by atoms with E-state index in [2.05, 4.69) is 44.5 Å². The number of piperidine rings is 1. The summed E-state index contributed by atoms with van der Waals surface area (Å²) < 4.78 is 29.6. The van der Waals surface area contributed by atoms with Crippen LogP contribution in [0.15, 0.2) is 30.6 Å². The van der Waals surface area contributed by atoms with Gasteiger partial charge in [-0.1, -0.05) is 0 Å². The molecule has 168 valence electrons. The molecule has 3 N–H and O–H groups in total. The maximum atomic E-state index is 14.9. The average molecular weight is 440 g/mol. The van der Waals surface area contributed by atoms with Gasteiger partial charge in [0.2, 0.25) is 0 Å². The highest BCUT2D eigenvalue weighted by atomic mass is 19.2. The number of anilines is 1. The number of nitrogens with one attached hydrogen (secondary N) is 2. The van der Waals surface area contributed by atoms with Crippen LogP contribution in [0.25, 0.3) is 22.4 Å². The summed E-state index contributed by atoms with van der Waals surface area (Å²) in [6.45, 7) is 4.53. The van der Waals surface area contributed by atoms with Crippen molar-refractivity contribution in [2.45, 2.75) is 56.7 Å². The number of aromatic amines is 1. The van der Waals surface area contributed by atoms with Gasteiger partial charge in [0.05, 0.1) is 17.5 Å². The molecule has 0 amide bonds. The Hall–Kier alpha value is -3.07. The van der Waals surface area contributed by atoms with Crippen LogP contribution in [0.2, 0.25) is 0 Å². The van der Waals surface area contributed by atoms with Crippen molar-refractivity contribution in [1.29, 1.82) is 0 Å². The van der Waals surface area contributed by atoms with Crippen LogP contribution in [-0.2, 0) is 0 Å². The van der Waals surface area contributed by atoms with Crippen LogP contribution in [0, 0.1) is 11.6 Å². The number of halogens is 2. The van der Waals surface area contributed by atoms with E-state index >= 15 is 0 Å². The number of phenolic OH excluding ortho intramolecular Hbond substituents is 1. The van der Waals surface area contributed by atoms with Gasteiger partial charge in [0.1, 0.15) is 5.75 Å². The Kier molecular flexibility index (Phi) is 4.70. The average Bonchev–Trinajstić information content (AvgIpc) is 3.36. The molecule has 3 aromatic rings. The molecule has 3 atom stereocenters. The second kappa shape index (κ2) is 7.23. The molecule has 2 fully saturated rings. The summed E-state index contributed by atoms with van der Waals surface area (Å²) in [6.07, 6.45) is 7.08. The first-order valence-electron chi connectivity index (χ1n) is 10.7. The Labute approximate surface area is 184 Å². The van der Waals surface area contributed by atoms with Crippen molar-refractivity contribution in [2.75, 3.05) is 11.9 Å². The Bertz CT molecular complexity index is 1130. The van der Waals surface area contributed by atoms with E-state index in [1.807, 2.05) is 7.05 Å². The number of hydrogen-bond donors (Lipinski definition) is 3. The molecule has 2 bridgehead atoms. The Morgan fingerprint density at radius 3 is 2.41 bits per heavy atom. The number of aromatic nitrogens is 4. The quantitative estimate of drug-likeness (QED) is 0.568. The molecule has 4 heterocycles. The van der Waals surface area contributed by atoms with Gasteiger partial charge in [0.25, 0.3) is 0 Å². The molecule has 0 radical (unpaired) electrons. The van der Waals surface area contributed by atoms with Crippen molar-refractivity contribution in [3.05, 3.63) is 42.2 Å². The first-order chi connectivity index (χ1) is 15.2. The molecule has 2 saturated heterocycles. The monoisotopic (exact) mass is 440 g/mol. The minimum absolute atomic E-state index is 0.0686. The fourth-order valence-electron chi connectivity index (χ4n) is 5.40. The standard InChI is InChI=1S/C23H26F2N6O/c1-22-6-7-23(2,30-22)10-14(9-22)31(3)18-5-4-16(28-29-18)19-17(32)8-15(20(24)21(19)25)13-11-26-27-12-13/h4-5,8,11-12,14,30,32H,6-7,9-10H2,1-3H3,(H,26,27)/t14-,22-,23+. The Morgan fingerprint density at radius 2 is 1.81 bits per heavy atom. The lowest BCUT2D eigenvalue weighted by Crippen LogP contribution is -2.58. The predicted molar refractivity (Wildman–Crippen MR) is 117 cm³/mol. The van der Waals surface area contributed by atoms with Crippen molar-refractivity contribution in [3.63, 3.8) is 0 Å². The van der Waals surface area contributed by atoms with Crippen LogP contribution < -0.4 is 10.2 Å². The van der Waals surface area contributed by atoms with Gasteiger partial charge in [-0.3, -0.25) is 5.10 Å². The van der Waals surface area contributed by atoms with Gasteiger partial charge in [-0.05, 0) is 57.7 Å². The van der Waals surface area contributed by atoms with Crippen LogP contribution >= 0.6 is 0 Å². The van der Waals surface area contributed by atoms with Crippen molar-refractivity contribution in [2.24, 2.45) is 0 Å². The largest absolute Gasteiger partial charge is 0.507 e. The molecular weight excluding hydrogens is 414 g/mol. The van der Waals surface area contributed by atoms with E-state index < -0.39 is 17.4 Å². The van der Waals surface area contributed by atoms with Gasteiger partial charge in [-0.15, -0.1) is 10.2 Å². The number of hydrogen-bond acceptors (Lipinski definition) is 6. The molecule has 5 rings (SSSR count). The van der Waals surface area contributed by atoms with Gasteiger partial charge in [-0.2, -0.15) is 5.10 Å². The summed E-state index contributed by atoms with van der Waals surface area (Å²) in [5.41, 5.74) is 0.245. The van der Waals surface area contributed by atoms with Crippen molar-refractivity contribution >= 4 is 5.82 Å². The number of fused-ring (bicyclic) bond motifs is 2. The lowest BCUT2D eigenvalue weighted by molar-refractivity contribution is 0.207. The molecule has 2 aliphatic rings. The van der Waals surface area contributed by atoms with Crippen molar-refractivity contribution in [1.82, 2.24) is 25.7 Å². The first-order valence-corrected chi connectivity index (χ1v) is 10.7. The molecular formula is C23H26F2N6O. The van der Waals surface area contributed by atoms with Gasteiger partial charge in [-0.25, -0.2) is 8.78 Å². The zero-order chi connectivity index (χ0) is 22.7. The third-order valence-electron chi connectivity index (χ3n) is 7.02. The number of H-pyrrole nitrogens is 1. The van der Waals surface area contributed by atoms with E-state index in [0.29, 0.717) is 17.4 Å². The second-order valence-corrected chi connectivity index (χ2v) is 9.63. The van der Waals surface area contributed by atoms with Crippen LogP contribution in [0.5, 0.6) is 5.75 Å². The summed E-state index contributed by atoms with van der Waals surface area (Å²) in [5, 5.41) is 28.9. The minimum Gasteiger partial charge on any atom is -0.507 e. The number of aromatic hydroxyl groups is 1. The molecule has 0 saturated carbocycles. The third-order valence-corrected chi connectivity index (χ3v) is 7.02. The topological polar surface area (TPSA) is 90.0 Å². The zero-order valence-electron chi connectivity index (χ0n) is 18.3. The number of benzene rings is 1. The van der Waals surface area contributed by atoms with E-state index in [4.69, 9.17) is 0 Å². The fraction of sp³-hybridized carbons (Fsp3) is 0.435. The highest BCUT2D eigenvalue weighted by Crippen LogP contribution is 2.44. The van der Waals surface area contributed by atoms with Gasteiger partial charge >= 0.3 is 0 Å². The lowest BCUT2D eigenvalue weighted by Gasteiger charge is -2.45. The normalized spacial score (nSPS) is 27.0. The summed E-state index contributed by atoms with van der Waals surface area (Å²) >= 11 is 0. The SMILES string of the molecule is CN(c1ccc(-c2c(O)cc(-c3cn[nH]c3)c(F)c2F)nn1)[C@H]1C[C@]2(C)CC[C@](C)(C1)N2. The van der Waals surface area contributed by atoms with Crippen LogP contribution in [0.4, 0.5) is 14.6 Å². The molecule has 0 aliphatic carbocycles. The Balaban J connectivity index is 1.42. The first kappa shape index (κ1) is 20.8. The zero-order valence-corrected chi connectivity index (χ0v) is 18.3. The molecule has 7 nitrogen and oxygen atoms in total. The maximum Gasteiger partial charge on any atom is 0.172 e. The third kappa shape index (κ3) is 3.40. The molecule has 2 aliphatic heterocycles. The molecule has 9 heteroatoms. The highest BCUT2D eigenvalue weighted by molar-refractivity contribution is 5.75. The molecule has 0 spiro atoms. The molecule has 1 aromatic carbocycles. The van der Waals surface area contributed by atoms with E-state index in [0.717, 1.165) is 25.7 Å². The van der Waals surface area contributed by atoms with E-state index in [9.17, 15) is 13.9 Å². The summed E-state index contributed by atoms with van der Waals surface area (Å²) in [6, 6.07) is 4.77. The van der Waals surface area contributed by atoms with Crippen LogP contribution in [0.3, 0.4) is 0 Å². The second-order valence-electron chi connectivity index (χ2n) is 9.63. The van der Waals surface area contributed by atoms with E-state index in [-0.39, 0.29) is 27.9 Å². The summed E-state index contributed by atoms with van der Waals surface area (Å²) in [4.78, 5) is 2.11. The molecule has 0 unspecified atom stereocenters. The minimum atomic E-state index is -1.17. The number of nitrogens with zero attached hydrogens (tertiary/aromatic N) is 4. The summed E-state index contributed by atoms with van der Waals surface area (Å²) in [7, 11) is 1.99. The molecule has 2 aromatic heterocycles. The number of rotatable bonds is 4. The van der Waals surface area contributed by atoms with Gasteiger partial charge in [0.15, 0.2) is 17.5 Å². The fourth-order valence-corrected chi connectivity index (χ4v) is 5.40. The van der Waals surface area contributed by atoms with E-state index in [1.54, 1.807) is 12.1 Å². The van der Waals surface area contributed by atoms with Crippen molar-refractivity contribution < 1.29 is 13.9 Å². The van der Waals surface area contributed by atoms with E-state index in [1.165, 1.54) is 18.5 Å². The maximum absolute atomic E-state index is 14.9. The van der Waals surface area contributed by atoms with Gasteiger partial charge < -0.3 is 15.3 Å². The number of phenols is 1. The van der Waals surface area contributed by atoms with Crippen molar-refractivity contribution in [3.8, 4) is 28.1 Å². The predicted octanol–water partition coefficient (Wildman–Crippen LogP) is 4.02. The molecule has 32 heavy (non-hydrogen) atoms. The smallest absolute Gasteiger partial charge is 0.172 e. The highest BCUT2D eigenvalue weighted by Gasteiger charge is 2.49. The summed E-state index contributed by atoms with van der Waals surface area (Å²) in [5.74, 6) is -2.00. The van der Waals surface area contributed by atoms with Crippen LogP contribution in [-0.4, -0.2) is 49.7 Å².